The summed E-state index contributed by atoms with van der Waals surface area (Å²) in [6.45, 7) is 1.85. The molecule has 0 radical (unpaired) electrons. The molecule has 1 amide bonds. The molecule has 1 unspecified atom stereocenters. The maximum absolute atomic E-state index is 14.2. The third kappa shape index (κ3) is 5.46. The van der Waals surface area contributed by atoms with Crippen LogP contribution in [-0.2, 0) is 10.5 Å². The van der Waals surface area contributed by atoms with Crippen molar-refractivity contribution in [3.05, 3.63) is 101 Å². The van der Waals surface area contributed by atoms with Crippen LogP contribution in [0.2, 0.25) is 0 Å². The van der Waals surface area contributed by atoms with Crippen molar-refractivity contribution in [2.24, 2.45) is 0 Å². The summed E-state index contributed by atoms with van der Waals surface area (Å²) in [4.78, 5) is 20.5. The number of amides is 1. The average Bonchev–Trinajstić information content (AvgIpc) is 3.34. The second-order valence-corrected chi connectivity index (χ2v) is 10.2. The molecule has 0 fully saturated rings. The van der Waals surface area contributed by atoms with Crippen LogP contribution in [0.4, 0.5) is 21.7 Å². The minimum atomic E-state index is -0.539. The number of nitrogens with zero attached hydrogens (tertiary/aromatic N) is 4. The second kappa shape index (κ2) is 11.2. The van der Waals surface area contributed by atoms with Gasteiger partial charge < -0.3 is 20.3 Å². The number of hydrogen-bond acceptors (Lipinski definition) is 7. The summed E-state index contributed by atoms with van der Waals surface area (Å²) >= 11 is 1.34. The largest absolute Gasteiger partial charge is 0.495 e. The van der Waals surface area contributed by atoms with Gasteiger partial charge in [-0.15, -0.1) is 5.10 Å². The van der Waals surface area contributed by atoms with Gasteiger partial charge in [0.15, 0.2) is 0 Å². The molecule has 0 aliphatic carbocycles. The number of benzene rings is 3. The van der Waals surface area contributed by atoms with Crippen molar-refractivity contribution in [2.75, 3.05) is 36.7 Å². The number of halogens is 1. The van der Waals surface area contributed by atoms with Gasteiger partial charge in [0, 0.05) is 31.2 Å². The fourth-order valence-electron chi connectivity index (χ4n) is 4.44. The van der Waals surface area contributed by atoms with E-state index in [1.165, 1.54) is 17.8 Å². The number of fused-ring (bicyclic) bond motifs is 1. The number of para-hydroxylation sites is 2. The summed E-state index contributed by atoms with van der Waals surface area (Å²) in [7, 11) is 5.52. The normalized spacial score (nSPS) is 14.4. The molecule has 0 saturated carbocycles. The second-order valence-electron chi connectivity index (χ2n) is 9.25. The number of carbonyl (C=O) groups excluding carboxylic acids is 1. The van der Waals surface area contributed by atoms with Crippen molar-refractivity contribution in [3.8, 4) is 5.75 Å². The highest BCUT2D eigenvalue weighted by Gasteiger charge is 2.34. The molecule has 1 atom stereocenters. The summed E-state index contributed by atoms with van der Waals surface area (Å²) < 4.78 is 21.3. The minimum Gasteiger partial charge on any atom is -0.495 e. The van der Waals surface area contributed by atoms with E-state index < -0.39 is 6.04 Å². The molecule has 39 heavy (non-hydrogen) atoms. The molecule has 0 saturated heterocycles. The molecule has 0 spiro atoms. The number of rotatable bonds is 8. The fraction of sp³-hybridized carbons (Fsp3) is 0.207. The zero-order chi connectivity index (χ0) is 27.5. The van der Waals surface area contributed by atoms with Gasteiger partial charge in [-0.1, -0.05) is 54.2 Å². The number of ether oxygens (including phenoxy) is 1. The van der Waals surface area contributed by atoms with Crippen LogP contribution in [0.15, 0.2) is 89.2 Å². The summed E-state index contributed by atoms with van der Waals surface area (Å²) in [6.07, 6.45) is 0. The van der Waals surface area contributed by atoms with Crippen LogP contribution in [-0.4, -0.2) is 41.9 Å². The molecular weight excluding hydrogens is 515 g/mol. The number of hydrogen-bond donors (Lipinski definition) is 2. The van der Waals surface area contributed by atoms with E-state index in [1.807, 2.05) is 62.3 Å². The van der Waals surface area contributed by atoms with Crippen LogP contribution >= 0.6 is 11.8 Å². The summed E-state index contributed by atoms with van der Waals surface area (Å²) in [5, 5.41) is 11.5. The molecule has 200 valence electrons. The molecule has 0 bridgehead atoms. The van der Waals surface area contributed by atoms with Crippen molar-refractivity contribution in [2.45, 2.75) is 23.9 Å². The SMILES string of the molecule is COc1ccccc1NC(=O)C1=C(C)Nc2nc(SCc3ccccc3F)nn2C1c1ccc(N(C)C)cc1. The van der Waals surface area contributed by atoms with Crippen LogP contribution in [0.25, 0.3) is 0 Å². The highest BCUT2D eigenvalue weighted by molar-refractivity contribution is 7.98. The van der Waals surface area contributed by atoms with E-state index in [2.05, 4.69) is 15.6 Å². The van der Waals surface area contributed by atoms with Crippen LogP contribution in [0.1, 0.15) is 24.1 Å². The van der Waals surface area contributed by atoms with Gasteiger partial charge in [0.25, 0.3) is 5.91 Å². The molecule has 2 N–H and O–H groups in total. The molecule has 1 aliphatic heterocycles. The third-order valence-electron chi connectivity index (χ3n) is 6.47. The highest BCUT2D eigenvalue weighted by Crippen LogP contribution is 2.38. The Morgan fingerprint density at radius 2 is 1.82 bits per heavy atom. The Morgan fingerprint density at radius 3 is 2.54 bits per heavy atom. The first-order valence-electron chi connectivity index (χ1n) is 12.4. The zero-order valence-electron chi connectivity index (χ0n) is 22.1. The molecule has 3 aromatic carbocycles. The summed E-state index contributed by atoms with van der Waals surface area (Å²) in [6, 6.07) is 21.4. The number of anilines is 3. The van der Waals surface area contributed by atoms with Crippen molar-refractivity contribution in [1.82, 2.24) is 14.8 Å². The number of thioether (sulfide) groups is 1. The van der Waals surface area contributed by atoms with Crippen molar-refractivity contribution < 1.29 is 13.9 Å². The Kier molecular flexibility index (Phi) is 7.56. The molecule has 4 aromatic rings. The standard InChI is InChI=1S/C29H29FN6O2S/c1-18-25(27(37)32-23-11-7-8-12-24(23)38-4)26(19-13-15-21(16-14-19)35(2)3)36-28(31-18)33-29(34-36)39-17-20-9-5-6-10-22(20)30/h5-16,26H,17H2,1-4H3,(H,32,37)(H,31,33,34). The van der Waals surface area contributed by atoms with Crippen molar-refractivity contribution in [3.63, 3.8) is 0 Å². The van der Waals surface area contributed by atoms with Gasteiger partial charge >= 0.3 is 0 Å². The number of methoxy groups -OCH3 is 1. The van der Waals surface area contributed by atoms with Crippen LogP contribution in [0.5, 0.6) is 5.75 Å². The lowest BCUT2D eigenvalue weighted by atomic mass is 9.94. The van der Waals surface area contributed by atoms with Gasteiger partial charge in [-0.3, -0.25) is 4.79 Å². The minimum absolute atomic E-state index is 0.265. The Labute approximate surface area is 230 Å². The quantitative estimate of drug-likeness (QED) is 0.275. The molecule has 2 heterocycles. The van der Waals surface area contributed by atoms with E-state index in [-0.39, 0.29) is 11.7 Å². The van der Waals surface area contributed by atoms with E-state index in [9.17, 15) is 9.18 Å². The van der Waals surface area contributed by atoms with Gasteiger partial charge in [0.2, 0.25) is 11.1 Å². The maximum atomic E-state index is 14.2. The highest BCUT2D eigenvalue weighted by atomic mass is 32.2. The van der Waals surface area contributed by atoms with Crippen LogP contribution < -0.4 is 20.3 Å². The number of nitrogens with one attached hydrogen (secondary N) is 2. The predicted octanol–water partition coefficient (Wildman–Crippen LogP) is 5.71. The first kappa shape index (κ1) is 26.3. The molecule has 10 heteroatoms. The van der Waals surface area contributed by atoms with Crippen molar-refractivity contribution >= 4 is 35.0 Å². The topological polar surface area (TPSA) is 84.3 Å². The van der Waals surface area contributed by atoms with E-state index in [4.69, 9.17) is 9.84 Å². The Hall–Kier alpha value is -4.31. The molecule has 8 nitrogen and oxygen atoms in total. The van der Waals surface area contributed by atoms with E-state index in [0.29, 0.717) is 45.1 Å². The van der Waals surface area contributed by atoms with E-state index in [1.54, 1.807) is 42.1 Å². The lowest BCUT2D eigenvalue weighted by molar-refractivity contribution is -0.113. The zero-order valence-corrected chi connectivity index (χ0v) is 22.9. The van der Waals surface area contributed by atoms with Gasteiger partial charge in [-0.2, -0.15) is 4.98 Å². The van der Waals surface area contributed by atoms with Gasteiger partial charge in [0.1, 0.15) is 17.6 Å². The van der Waals surface area contributed by atoms with Crippen LogP contribution in [0.3, 0.4) is 0 Å². The average molecular weight is 545 g/mol. The maximum Gasteiger partial charge on any atom is 0.255 e. The predicted molar refractivity (Wildman–Crippen MR) is 153 cm³/mol. The molecule has 1 aliphatic rings. The van der Waals surface area contributed by atoms with Gasteiger partial charge in [-0.05, 0) is 48.4 Å². The summed E-state index contributed by atoms with van der Waals surface area (Å²) in [5.74, 6) is 0.907. The van der Waals surface area contributed by atoms with Crippen LogP contribution in [0, 0.1) is 5.82 Å². The lowest BCUT2D eigenvalue weighted by Crippen LogP contribution is -2.31. The Balaban J connectivity index is 1.51. The monoisotopic (exact) mass is 544 g/mol. The summed E-state index contributed by atoms with van der Waals surface area (Å²) in [5.41, 5.74) is 4.22. The molecular formula is C29H29FN6O2S. The first-order valence-corrected chi connectivity index (χ1v) is 13.4. The smallest absolute Gasteiger partial charge is 0.255 e. The molecule has 1 aromatic heterocycles. The van der Waals surface area contributed by atoms with Gasteiger partial charge in [-0.25, -0.2) is 9.07 Å². The van der Waals surface area contributed by atoms with E-state index in [0.717, 1.165) is 11.3 Å². The number of carbonyl (C=O) groups is 1. The Morgan fingerprint density at radius 1 is 1.10 bits per heavy atom. The van der Waals surface area contributed by atoms with Crippen molar-refractivity contribution in [1.29, 1.82) is 0 Å². The van der Waals surface area contributed by atoms with E-state index >= 15 is 0 Å². The lowest BCUT2D eigenvalue weighted by Gasteiger charge is -2.29. The Bertz CT molecular complexity index is 1530. The molecule has 5 rings (SSSR count). The first-order chi connectivity index (χ1) is 18.9. The van der Waals surface area contributed by atoms with Gasteiger partial charge in [0.05, 0.1) is 18.4 Å². The fourth-order valence-corrected chi connectivity index (χ4v) is 5.26. The number of aromatic nitrogens is 3. The number of allylic oxidation sites excluding steroid dienone is 1. The third-order valence-corrected chi connectivity index (χ3v) is 7.36.